The predicted molar refractivity (Wildman–Crippen MR) is 78.5 cm³/mol. The van der Waals surface area contributed by atoms with Gasteiger partial charge in [-0.2, -0.15) is 4.73 Å². The average Bonchev–Trinajstić information content (AvgIpc) is 2.48. The number of hydrogen-bond donors (Lipinski definition) is 1. The van der Waals surface area contributed by atoms with Crippen LogP contribution in [0.25, 0.3) is 0 Å². The monoisotopic (exact) mass is 350 g/mol. The van der Waals surface area contributed by atoms with Gasteiger partial charge in [0, 0.05) is 16.6 Å². The summed E-state index contributed by atoms with van der Waals surface area (Å²) in [5.41, 5.74) is 0.793. The van der Waals surface area contributed by atoms with Crippen molar-refractivity contribution >= 4 is 33.5 Å². The van der Waals surface area contributed by atoms with E-state index < -0.39 is 18.5 Å². The van der Waals surface area contributed by atoms with Crippen LogP contribution in [-0.2, 0) is 9.53 Å². The van der Waals surface area contributed by atoms with Crippen molar-refractivity contribution in [2.45, 2.75) is 0 Å². The van der Waals surface area contributed by atoms with Gasteiger partial charge in [-0.05, 0) is 28.1 Å². The molecule has 7 heteroatoms. The van der Waals surface area contributed by atoms with Crippen LogP contribution in [0.1, 0.15) is 10.4 Å². The lowest BCUT2D eigenvalue weighted by atomic mass is 10.3. The Morgan fingerprint density at radius 1 is 1.19 bits per heavy atom. The molecular weight excluding hydrogens is 340 g/mol. The van der Waals surface area contributed by atoms with Crippen molar-refractivity contribution in [3.8, 4) is 0 Å². The zero-order valence-electron chi connectivity index (χ0n) is 10.8. The number of carbonyl (C=O) groups is 2. The van der Waals surface area contributed by atoms with E-state index in [-0.39, 0.29) is 5.56 Å². The lowest BCUT2D eigenvalue weighted by Gasteiger charge is -2.07. The van der Waals surface area contributed by atoms with E-state index in [1.165, 1.54) is 24.5 Å². The van der Waals surface area contributed by atoms with Crippen molar-refractivity contribution in [2.24, 2.45) is 0 Å². The molecule has 2 rings (SSSR count). The third kappa shape index (κ3) is 4.28. The van der Waals surface area contributed by atoms with Gasteiger partial charge in [-0.3, -0.25) is 4.79 Å². The summed E-state index contributed by atoms with van der Waals surface area (Å²) >= 11 is 3.29. The minimum atomic E-state index is -0.669. The summed E-state index contributed by atoms with van der Waals surface area (Å²) in [6.07, 6.45) is 2.36. The Labute approximate surface area is 129 Å². The molecule has 0 bridgehead atoms. The lowest BCUT2D eigenvalue weighted by Crippen LogP contribution is -2.25. The first kappa shape index (κ1) is 15.0. The Kier molecular flexibility index (Phi) is 4.89. The molecule has 1 N–H and O–H groups in total. The second kappa shape index (κ2) is 6.85. The summed E-state index contributed by atoms with van der Waals surface area (Å²) in [4.78, 5) is 23.3. The first-order valence-corrected chi connectivity index (χ1v) is 6.76. The zero-order chi connectivity index (χ0) is 15.2. The van der Waals surface area contributed by atoms with Crippen molar-refractivity contribution in [1.29, 1.82) is 0 Å². The number of pyridine rings is 1. The van der Waals surface area contributed by atoms with E-state index >= 15 is 0 Å². The molecule has 1 amide bonds. The highest BCUT2D eigenvalue weighted by Crippen LogP contribution is 2.20. The minimum absolute atomic E-state index is 0.204. The molecule has 0 spiro atoms. The van der Waals surface area contributed by atoms with Gasteiger partial charge >= 0.3 is 5.97 Å². The van der Waals surface area contributed by atoms with Gasteiger partial charge in [0.25, 0.3) is 5.91 Å². The number of aromatic nitrogens is 1. The van der Waals surface area contributed by atoms with Crippen LogP contribution in [0.2, 0.25) is 0 Å². The number of halogens is 1. The van der Waals surface area contributed by atoms with Crippen LogP contribution in [0.4, 0.5) is 5.69 Å². The summed E-state index contributed by atoms with van der Waals surface area (Å²) in [6, 6.07) is 9.73. The Bertz CT molecular complexity index is 658. The number of benzene rings is 1. The molecule has 0 atom stereocenters. The summed E-state index contributed by atoms with van der Waals surface area (Å²) < 4.78 is 6.15. The fourth-order valence-corrected chi connectivity index (χ4v) is 1.90. The molecule has 0 aliphatic rings. The topological polar surface area (TPSA) is 82.3 Å². The average molecular weight is 351 g/mol. The third-order valence-corrected chi connectivity index (χ3v) is 3.21. The van der Waals surface area contributed by atoms with Gasteiger partial charge in [0.2, 0.25) is 0 Å². The second-order valence-electron chi connectivity index (χ2n) is 4.05. The number of nitrogens with zero attached hydrogens (tertiary/aromatic N) is 1. The molecule has 0 unspecified atom stereocenters. The van der Waals surface area contributed by atoms with E-state index in [4.69, 9.17) is 4.74 Å². The number of esters is 1. The van der Waals surface area contributed by atoms with Crippen molar-refractivity contribution in [3.63, 3.8) is 0 Å². The number of nitrogens with one attached hydrogen (secondary N) is 1. The number of ether oxygens (including phenoxy) is 1. The maximum atomic E-state index is 11.7. The van der Waals surface area contributed by atoms with E-state index in [0.717, 1.165) is 4.47 Å². The molecule has 0 fully saturated rings. The smallest absolute Gasteiger partial charge is 0.339 e. The largest absolute Gasteiger partial charge is 0.619 e. The minimum Gasteiger partial charge on any atom is -0.619 e. The molecule has 0 aliphatic heterocycles. The zero-order valence-corrected chi connectivity index (χ0v) is 12.4. The Balaban J connectivity index is 1.88. The number of carbonyl (C=O) groups excluding carboxylic acids is 2. The fourth-order valence-electron chi connectivity index (χ4n) is 1.51. The van der Waals surface area contributed by atoms with Crippen molar-refractivity contribution in [2.75, 3.05) is 11.9 Å². The predicted octanol–water partition coefficient (Wildman–Crippen LogP) is 1.88. The molecule has 1 aromatic carbocycles. The number of anilines is 1. The van der Waals surface area contributed by atoms with Crippen LogP contribution in [0, 0.1) is 5.21 Å². The van der Waals surface area contributed by atoms with Crippen LogP contribution in [-0.4, -0.2) is 18.5 Å². The highest BCUT2D eigenvalue weighted by atomic mass is 79.9. The SMILES string of the molecule is O=C(COC(=O)c1cc[n+]([O-])cc1)Nc1ccccc1Br. The van der Waals surface area contributed by atoms with Gasteiger partial charge < -0.3 is 15.3 Å². The maximum absolute atomic E-state index is 11.7. The summed E-state index contributed by atoms with van der Waals surface area (Å²) in [5, 5.41) is 13.5. The first-order valence-electron chi connectivity index (χ1n) is 5.96. The van der Waals surface area contributed by atoms with E-state index in [1.54, 1.807) is 18.2 Å². The van der Waals surface area contributed by atoms with E-state index in [2.05, 4.69) is 21.2 Å². The molecule has 0 radical (unpaired) electrons. The fraction of sp³-hybridized carbons (Fsp3) is 0.0714. The van der Waals surface area contributed by atoms with Gasteiger partial charge in [-0.15, -0.1) is 0 Å². The van der Waals surface area contributed by atoms with Crippen LogP contribution < -0.4 is 10.0 Å². The molecule has 1 aromatic heterocycles. The number of hydrogen-bond acceptors (Lipinski definition) is 4. The molecular formula is C14H11BrN2O4. The highest BCUT2D eigenvalue weighted by Gasteiger charge is 2.11. The Morgan fingerprint density at radius 3 is 2.52 bits per heavy atom. The summed E-state index contributed by atoms with van der Waals surface area (Å²) in [7, 11) is 0. The standard InChI is InChI=1S/C14H11BrN2O4/c15-11-3-1-2-4-12(11)16-13(18)9-21-14(19)10-5-7-17(20)8-6-10/h1-8H,9H2,(H,16,18). The van der Waals surface area contributed by atoms with Gasteiger partial charge in [0.15, 0.2) is 19.0 Å². The molecule has 0 saturated heterocycles. The van der Waals surface area contributed by atoms with Crippen LogP contribution in [0.5, 0.6) is 0 Å². The van der Waals surface area contributed by atoms with E-state index in [0.29, 0.717) is 10.4 Å². The third-order valence-electron chi connectivity index (χ3n) is 2.52. The summed E-state index contributed by atoms with van der Waals surface area (Å²) in [5.74, 6) is -1.12. The normalized spacial score (nSPS) is 9.95. The van der Waals surface area contributed by atoms with E-state index in [9.17, 15) is 14.8 Å². The molecule has 2 aromatic rings. The van der Waals surface area contributed by atoms with Crippen LogP contribution in [0.15, 0.2) is 53.3 Å². The molecule has 0 aliphatic carbocycles. The molecule has 0 saturated carbocycles. The first-order chi connectivity index (χ1) is 10.1. The van der Waals surface area contributed by atoms with Gasteiger partial charge in [0.05, 0.1) is 11.3 Å². The summed E-state index contributed by atoms with van der Waals surface area (Å²) in [6.45, 7) is -0.410. The Hall–Kier alpha value is -2.41. The molecule has 1 heterocycles. The van der Waals surface area contributed by atoms with Gasteiger partial charge in [-0.25, -0.2) is 4.79 Å². The number of para-hydroxylation sites is 1. The van der Waals surface area contributed by atoms with Crippen molar-refractivity contribution in [1.82, 2.24) is 0 Å². The number of rotatable bonds is 4. The van der Waals surface area contributed by atoms with E-state index in [1.807, 2.05) is 6.07 Å². The molecule has 108 valence electrons. The molecule has 6 nitrogen and oxygen atoms in total. The van der Waals surface area contributed by atoms with Crippen molar-refractivity contribution in [3.05, 3.63) is 64.0 Å². The maximum Gasteiger partial charge on any atom is 0.339 e. The second-order valence-corrected chi connectivity index (χ2v) is 4.91. The molecule has 21 heavy (non-hydrogen) atoms. The highest BCUT2D eigenvalue weighted by molar-refractivity contribution is 9.10. The van der Waals surface area contributed by atoms with Crippen LogP contribution in [0.3, 0.4) is 0 Å². The van der Waals surface area contributed by atoms with Gasteiger partial charge in [-0.1, -0.05) is 12.1 Å². The lowest BCUT2D eigenvalue weighted by molar-refractivity contribution is -0.605. The van der Waals surface area contributed by atoms with Crippen LogP contribution >= 0.6 is 15.9 Å². The Morgan fingerprint density at radius 2 is 1.86 bits per heavy atom. The number of amides is 1. The van der Waals surface area contributed by atoms with Crippen molar-refractivity contribution < 1.29 is 19.1 Å². The van der Waals surface area contributed by atoms with Gasteiger partial charge in [0.1, 0.15) is 0 Å². The quantitative estimate of drug-likeness (QED) is 0.518.